The van der Waals surface area contributed by atoms with Gasteiger partial charge in [0.15, 0.2) is 11.0 Å². The van der Waals surface area contributed by atoms with Crippen LogP contribution in [0.3, 0.4) is 0 Å². The van der Waals surface area contributed by atoms with Gasteiger partial charge in [0, 0.05) is 29.9 Å². The Bertz CT molecular complexity index is 1250. The lowest BCUT2D eigenvalue weighted by atomic mass is 10.0. The molecule has 13 heteroatoms. The van der Waals surface area contributed by atoms with E-state index in [1.807, 2.05) is 13.8 Å². The molecule has 10 nitrogen and oxygen atoms in total. The summed E-state index contributed by atoms with van der Waals surface area (Å²) in [5.74, 6) is -0.125. The molecule has 0 radical (unpaired) electrons. The molecular formula is C22H22Cl2N6O4S. The first kappa shape index (κ1) is 26.5. The van der Waals surface area contributed by atoms with Crippen LogP contribution in [0.2, 0.25) is 10.0 Å². The largest absolute Gasteiger partial charge is 0.342 e. The minimum Gasteiger partial charge on any atom is -0.342 e. The summed E-state index contributed by atoms with van der Waals surface area (Å²) in [5.41, 5.74) is 0.679. The van der Waals surface area contributed by atoms with E-state index in [-0.39, 0.29) is 34.2 Å². The van der Waals surface area contributed by atoms with Crippen LogP contribution in [0, 0.1) is 16.0 Å². The molecule has 0 fully saturated rings. The molecule has 0 aliphatic heterocycles. The van der Waals surface area contributed by atoms with Crippen molar-refractivity contribution in [3.8, 4) is 0 Å². The second-order valence-electron chi connectivity index (χ2n) is 7.86. The van der Waals surface area contributed by atoms with E-state index in [9.17, 15) is 19.7 Å². The van der Waals surface area contributed by atoms with Gasteiger partial charge in [-0.1, -0.05) is 48.8 Å². The van der Waals surface area contributed by atoms with Crippen LogP contribution in [0.5, 0.6) is 0 Å². The number of hydrogen-bond acceptors (Lipinski definition) is 7. The SMILES string of the molecule is CC(C)[C@H](NC(=O)c1ccc(Cl)cc1Cl)c1nnc(SCC(=O)Nc2ccc([N+](=O)[O-])cc2)n1C. The number of halogens is 2. The van der Waals surface area contributed by atoms with E-state index in [0.29, 0.717) is 27.3 Å². The zero-order valence-corrected chi connectivity index (χ0v) is 21.3. The maximum absolute atomic E-state index is 12.8. The molecule has 2 aromatic carbocycles. The zero-order valence-electron chi connectivity index (χ0n) is 19.0. The smallest absolute Gasteiger partial charge is 0.269 e. The zero-order chi connectivity index (χ0) is 25.7. The highest BCUT2D eigenvalue weighted by Gasteiger charge is 2.26. The topological polar surface area (TPSA) is 132 Å². The van der Waals surface area contributed by atoms with Gasteiger partial charge in [0.2, 0.25) is 5.91 Å². The first-order valence-corrected chi connectivity index (χ1v) is 12.1. The molecular weight excluding hydrogens is 515 g/mol. The van der Waals surface area contributed by atoms with Crippen molar-refractivity contribution in [1.82, 2.24) is 20.1 Å². The number of nitrogens with one attached hydrogen (secondary N) is 2. The predicted molar refractivity (Wildman–Crippen MR) is 135 cm³/mol. The molecule has 1 aromatic heterocycles. The second kappa shape index (κ2) is 11.5. The Morgan fingerprint density at radius 1 is 1.14 bits per heavy atom. The number of anilines is 1. The number of non-ortho nitro benzene ring substituents is 1. The Morgan fingerprint density at radius 3 is 2.43 bits per heavy atom. The molecule has 1 atom stereocenters. The molecule has 0 saturated heterocycles. The number of nitrogens with zero attached hydrogens (tertiary/aromatic N) is 4. The fraction of sp³-hybridized carbons (Fsp3) is 0.273. The number of aromatic nitrogens is 3. The number of benzene rings is 2. The molecule has 0 bridgehead atoms. The lowest BCUT2D eigenvalue weighted by Gasteiger charge is -2.22. The summed E-state index contributed by atoms with van der Waals surface area (Å²) in [7, 11) is 1.75. The maximum atomic E-state index is 12.8. The number of carbonyl (C=O) groups excluding carboxylic acids is 2. The van der Waals surface area contributed by atoms with Gasteiger partial charge >= 0.3 is 0 Å². The molecule has 1 heterocycles. The summed E-state index contributed by atoms with van der Waals surface area (Å²) in [6.45, 7) is 3.88. The van der Waals surface area contributed by atoms with Crippen molar-refractivity contribution < 1.29 is 14.5 Å². The molecule has 0 unspecified atom stereocenters. The third kappa shape index (κ3) is 6.71. The van der Waals surface area contributed by atoms with Gasteiger partial charge < -0.3 is 15.2 Å². The first-order chi connectivity index (χ1) is 16.6. The Morgan fingerprint density at radius 2 is 1.83 bits per heavy atom. The Hall–Kier alpha value is -3.15. The molecule has 184 valence electrons. The highest BCUT2D eigenvalue weighted by molar-refractivity contribution is 7.99. The van der Waals surface area contributed by atoms with Gasteiger partial charge in [-0.2, -0.15) is 0 Å². The van der Waals surface area contributed by atoms with Crippen LogP contribution >= 0.6 is 35.0 Å². The van der Waals surface area contributed by atoms with E-state index >= 15 is 0 Å². The highest BCUT2D eigenvalue weighted by Crippen LogP contribution is 2.26. The summed E-state index contributed by atoms with van der Waals surface area (Å²) < 4.78 is 1.72. The van der Waals surface area contributed by atoms with E-state index in [1.54, 1.807) is 23.7 Å². The summed E-state index contributed by atoms with van der Waals surface area (Å²) >= 11 is 13.3. The standard InChI is InChI=1S/C22H22Cl2N6O4S/c1-12(2)19(26-21(32)16-9-4-13(23)10-17(16)24)20-27-28-22(29(20)3)35-11-18(31)25-14-5-7-15(8-6-14)30(33)34/h4-10,12,19H,11H2,1-3H3,(H,25,31)(H,26,32)/t19-/m0/s1. The average Bonchev–Trinajstić information content (AvgIpc) is 3.16. The summed E-state index contributed by atoms with van der Waals surface area (Å²) in [6.07, 6.45) is 0. The molecule has 0 spiro atoms. The Kier molecular flexibility index (Phi) is 8.71. The number of carbonyl (C=O) groups is 2. The van der Waals surface area contributed by atoms with Crippen molar-refractivity contribution in [2.75, 3.05) is 11.1 Å². The number of hydrogen-bond donors (Lipinski definition) is 2. The van der Waals surface area contributed by atoms with Crippen LogP contribution in [-0.2, 0) is 11.8 Å². The van der Waals surface area contributed by atoms with Crippen molar-refractivity contribution in [3.63, 3.8) is 0 Å². The van der Waals surface area contributed by atoms with Crippen molar-refractivity contribution in [2.24, 2.45) is 13.0 Å². The molecule has 2 amide bonds. The molecule has 0 aliphatic rings. The summed E-state index contributed by atoms with van der Waals surface area (Å²) in [4.78, 5) is 35.4. The van der Waals surface area contributed by atoms with Crippen LogP contribution in [0.4, 0.5) is 11.4 Å². The quantitative estimate of drug-likeness (QED) is 0.226. The Balaban J connectivity index is 1.66. The van der Waals surface area contributed by atoms with Gasteiger partial charge in [-0.05, 0) is 36.2 Å². The molecule has 2 N–H and O–H groups in total. The number of rotatable bonds is 9. The van der Waals surface area contributed by atoms with Crippen molar-refractivity contribution in [1.29, 1.82) is 0 Å². The van der Waals surface area contributed by atoms with Crippen LogP contribution in [0.15, 0.2) is 47.6 Å². The normalized spacial score (nSPS) is 11.8. The van der Waals surface area contributed by atoms with Crippen LogP contribution < -0.4 is 10.6 Å². The maximum Gasteiger partial charge on any atom is 0.269 e. The summed E-state index contributed by atoms with van der Waals surface area (Å²) in [5, 5.41) is 25.9. The number of nitro benzene ring substituents is 1. The van der Waals surface area contributed by atoms with E-state index in [1.165, 1.54) is 42.1 Å². The fourth-order valence-corrected chi connectivity index (χ4v) is 4.35. The Labute approximate surface area is 215 Å². The number of thioether (sulfide) groups is 1. The lowest BCUT2D eigenvalue weighted by molar-refractivity contribution is -0.384. The van der Waals surface area contributed by atoms with Crippen LogP contribution in [-0.4, -0.2) is 37.3 Å². The van der Waals surface area contributed by atoms with Crippen LogP contribution in [0.1, 0.15) is 36.1 Å². The fourth-order valence-electron chi connectivity index (χ4n) is 3.14. The lowest BCUT2D eigenvalue weighted by Crippen LogP contribution is -2.33. The third-order valence-electron chi connectivity index (χ3n) is 4.97. The van der Waals surface area contributed by atoms with E-state index in [2.05, 4.69) is 20.8 Å². The predicted octanol–water partition coefficient (Wildman–Crippen LogP) is 4.89. The first-order valence-electron chi connectivity index (χ1n) is 10.4. The third-order valence-corrected chi connectivity index (χ3v) is 6.54. The highest BCUT2D eigenvalue weighted by atomic mass is 35.5. The van der Waals surface area contributed by atoms with Gasteiger partial charge in [0.25, 0.3) is 11.6 Å². The molecule has 0 aliphatic carbocycles. The molecule has 35 heavy (non-hydrogen) atoms. The van der Waals surface area contributed by atoms with Crippen molar-refractivity contribution >= 4 is 58.2 Å². The molecule has 3 aromatic rings. The summed E-state index contributed by atoms with van der Waals surface area (Å²) in [6, 6.07) is 9.74. The van der Waals surface area contributed by atoms with Gasteiger partial charge in [-0.25, -0.2) is 0 Å². The van der Waals surface area contributed by atoms with E-state index in [4.69, 9.17) is 23.2 Å². The van der Waals surface area contributed by atoms with Gasteiger partial charge in [-0.3, -0.25) is 19.7 Å². The van der Waals surface area contributed by atoms with E-state index < -0.39 is 11.0 Å². The van der Waals surface area contributed by atoms with Gasteiger partial charge in [-0.15, -0.1) is 10.2 Å². The van der Waals surface area contributed by atoms with Gasteiger partial charge in [0.05, 0.1) is 27.3 Å². The minimum atomic E-state index is -0.510. The van der Waals surface area contributed by atoms with Crippen molar-refractivity contribution in [3.05, 3.63) is 74.0 Å². The van der Waals surface area contributed by atoms with Crippen molar-refractivity contribution in [2.45, 2.75) is 25.0 Å². The number of nitro groups is 1. The van der Waals surface area contributed by atoms with Crippen LogP contribution in [0.25, 0.3) is 0 Å². The molecule has 3 rings (SSSR count). The van der Waals surface area contributed by atoms with Gasteiger partial charge in [0.1, 0.15) is 0 Å². The molecule has 0 saturated carbocycles. The second-order valence-corrected chi connectivity index (χ2v) is 9.65. The monoisotopic (exact) mass is 536 g/mol. The van der Waals surface area contributed by atoms with E-state index in [0.717, 1.165) is 0 Å². The minimum absolute atomic E-state index is 0.0174. The average molecular weight is 537 g/mol. The number of amides is 2.